The fourth-order valence-electron chi connectivity index (χ4n) is 2.35. The van der Waals surface area contributed by atoms with Gasteiger partial charge in [0.15, 0.2) is 5.69 Å². The molecule has 0 bridgehead atoms. The van der Waals surface area contributed by atoms with Crippen LogP contribution in [0.2, 0.25) is 15.3 Å². The van der Waals surface area contributed by atoms with E-state index in [9.17, 15) is 18.4 Å². The van der Waals surface area contributed by atoms with Crippen LogP contribution < -0.4 is 5.73 Å². The van der Waals surface area contributed by atoms with Gasteiger partial charge in [-0.05, 0) is 29.8 Å². The number of nitriles is 1. The maximum Gasteiger partial charge on any atom is 0.416 e. The molecule has 0 radical (unpaired) electrons. The second-order valence-corrected chi connectivity index (χ2v) is 6.18. The van der Waals surface area contributed by atoms with Crippen LogP contribution in [0.3, 0.4) is 0 Å². The van der Waals surface area contributed by atoms with Crippen LogP contribution in [0.1, 0.15) is 11.3 Å². The van der Waals surface area contributed by atoms with E-state index in [4.69, 9.17) is 45.0 Å². The molecule has 0 aliphatic heterocycles. The zero-order valence-corrected chi connectivity index (χ0v) is 14.7. The largest absolute Gasteiger partial charge is 0.452 e. The Morgan fingerprint density at radius 3 is 2.27 bits per heavy atom. The average molecular weight is 422 g/mol. The Morgan fingerprint density at radius 2 is 1.81 bits per heavy atom. The summed E-state index contributed by atoms with van der Waals surface area (Å²) >= 11 is 17.9. The highest BCUT2D eigenvalue weighted by Crippen LogP contribution is 2.41. The first-order valence-electron chi connectivity index (χ1n) is 6.73. The van der Waals surface area contributed by atoms with Crippen LogP contribution in [-0.4, -0.2) is 9.78 Å². The van der Waals surface area contributed by atoms with Crippen LogP contribution in [0, 0.1) is 11.3 Å². The van der Waals surface area contributed by atoms with E-state index in [1.54, 1.807) is 0 Å². The number of nitrogens with zero attached hydrogens (tertiary/aromatic N) is 3. The summed E-state index contributed by atoms with van der Waals surface area (Å²) in [5.41, 5.74) is 5.24. The van der Waals surface area contributed by atoms with Crippen molar-refractivity contribution in [1.29, 1.82) is 5.26 Å². The van der Waals surface area contributed by atoms with Crippen LogP contribution in [0.4, 0.5) is 19.0 Å². The molecule has 3 rings (SSSR count). The van der Waals surface area contributed by atoms with Crippen molar-refractivity contribution < 1.29 is 17.6 Å². The van der Waals surface area contributed by atoms with Crippen molar-refractivity contribution in [3.8, 4) is 22.9 Å². The summed E-state index contributed by atoms with van der Waals surface area (Å²) < 4.78 is 44.6. The van der Waals surface area contributed by atoms with Crippen LogP contribution >= 0.6 is 34.8 Å². The average Bonchev–Trinajstić information content (AvgIpc) is 3.09. The van der Waals surface area contributed by atoms with Gasteiger partial charge in [-0.25, -0.2) is 4.68 Å². The maximum atomic E-state index is 12.9. The van der Waals surface area contributed by atoms with Crippen molar-refractivity contribution in [2.45, 2.75) is 6.18 Å². The number of hydrogen-bond acceptors (Lipinski definition) is 4. The van der Waals surface area contributed by atoms with Gasteiger partial charge in [0.2, 0.25) is 5.22 Å². The molecular formula is C15H6Cl3F3N4O. The number of hydrogen-bond donors (Lipinski definition) is 1. The molecule has 0 aliphatic carbocycles. The third kappa shape index (κ3) is 2.98. The lowest BCUT2D eigenvalue weighted by Gasteiger charge is -2.13. The number of furan rings is 1. The van der Waals surface area contributed by atoms with Gasteiger partial charge in [0.25, 0.3) is 0 Å². The highest BCUT2D eigenvalue weighted by molar-refractivity contribution is 6.38. The van der Waals surface area contributed by atoms with E-state index in [-0.39, 0.29) is 38.0 Å². The number of halogens is 6. The Labute approximate surface area is 159 Å². The highest BCUT2D eigenvalue weighted by atomic mass is 35.5. The lowest BCUT2D eigenvalue weighted by atomic mass is 10.1. The summed E-state index contributed by atoms with van der Waals surface area (Å²) in [6, 6.07) is 4.70. The third-order valence-electron chi connectivity index (χ3n) is 3.47. The van der Waals surface area contributed by atoms with Gasteiger partial charge in [-0.2, -0.15) is 23.5 Å². The fourth-order valence-corrected chi connectivity index (χ4v) is 3.21. The Hall–Kier alpha value is -2.34. The standard InChI is InChI=1S/C15H6Cl3F3N4O/c16-8-3-6(15(19,20)21)4-9(17)12(8)25-14(23)11(10(5-22)24-25)7-1-2-26-13(7)18/h1-4H,23H2. The third-order valence-corrected chi connectivity index (χ3v) is 4.34. The molecule has 0 aliphatic rings. The molecule has 0 saturated heterocycles. The summed E-state index contributed by atoms with van der Waals surface area (Å²) in [7, 11) is 0. The van der Waals surface area contributed by atoms with Crippen molar-refractivity contribution in [2.75, 3.05) is 5.73 Å². The van der Waals surface area contributed by atoms with Gasteiger partial charge in [0.1, 0.15) is 17.6 Å². The molecule has 0 saturated carbocycles. The Kier molecular flexibility index (Phi) is 4.56. The molecule has 2 heterocycles. The van der Waals surface area contributed by atoms with Gasteiger partial charge in [-0.1, -0.05) is 23.2 Å². The van der Waals surface area contributed by atoms with Gasteiger partial charge < -0.3 is 10.2 Å². The number of nitrogens with two attached hydrogens (primary N) is 1. The lowest BCUT2D eigenvalue weighted by molar-refractivity contribution is -0.137. The summed E-state index contributed by atoms with van der Waals surface area (Å²) in [4.78, 5) is 0. The predicted molar refractivity (Wildman–Crippen MR) is 90.4 cm³/mol. The first-order valence-corrected chi connectivity index (χ1v) is 7.87. The fraction of sp³-hybridized carbons (Fsp3) is 0.0667. The summed E-state index contributed by atoms with van der Waals surface area (Å²) in [6.45, 7) is 0. The van der Waals surface area contributed by atoms with Gasteiger partial charge in [-0.3, -0.25) is 0 Å². The zero-order chi connectivity index (χ0) is 19.2. The molecule has 2 N–H and O–H groups in total. The van der Waals surface area contributed by atoms with E-state index in [1.165, 1.54) is 12.3 Å². The lowest BCUT2D eigenvalue weighted by Crippen LogP contribution is -2.08. The molecule has 134 valence electrons. The Balaban J connectivity index is 2.26. The van der Waals surface area contributed by atoms with E-state index in [2.05, 4.69) is 5.10 Å². The number of benzene rings is 1. The molecular weight excluding hydrogens is 416 g/mol. The monoisotopic (exact) mass is 420 g/mol. The zero-order valence-electron chi connectivity index (χ0n) is 12.4. The molecule has 0 spiro atoms. The van der Waals surface area contributed by atoms with Crippen molar-refractivity contribution in [3.05, 3.63) is 51.0 Å². The highest BCUT2D eigenvalue weighted by Gasteiger charge is 2.33. The molecule has 0 fully saturated rings. The number of alkyl halides is 3. The topological polar surface area (TPSA) is 80.8 Å². The number of rotatable bonds is 2. The molecule has 1 aromatic carbocycles. The number of nitrogen functional groups attached to an aromatic ring is 1. The van der Waals surface area contributed by atoms with Crippen molar-refractivity contribution >= 4 is 40.6 Å². The van der Waals surface area contributed by atoms with Crippen LogP contribution in [0.15, 0.2) is 28.9 Å². The van der Waals surface area contributed by atoms with E-state index in [1.807, 2.05) is 6.07 Å². The normalized spacial score (nSPS) is 11.6. The molecule has 0 amide bonds. The maximum absolute atomic E-state index is 12.9. The minimum absolute atomic E-state index is 0.0302. The molecule has 5 nitrogen and oxygen atoms in total. The van der Waals surface area contributed by atoms with Crippen molar-refractivity contribution in [1.82, 2.24) is 9.78 Å². The molecule has 2 aromatic heterocycles. The van der Waals surface area contributed by atoms with Crippen LogP contribution in [0.25, 0.3) is 16.8 Å². The smallest absolute Gasteiger partial charge is 0.416 e. The molecule has 3 aromatic rings. The predicted octanol–water partition coefficient (Wildman–Crippen LogP) is 5.57. The Bertz CT molecular complexity index is 1030. The van der Waals surface area contributed by atoms with Crippen molar-refractivity contribution in [2.24, 2.45) is 0 Å². The van der Waals surface area contributed by atoms with Gasteiger partial charge >= 0.3 is 6.18 Å². The minimum atomic E-state index is -4.63. The molecule has 26 heavy (non-hydrogen) atoms. The van der Waals surface area contributed by atoms with E-state index < -0.39 is 11.7 Å². The first kappa shape index (κ1) is 18.5. The van der Waals surface area contributed by atoms with Crippen molar-refractivity contribution in [3.63, 3.8) is 0 Å². The van der Waals surface area contributed by atoms with Gasteiger partial charge in [0, 0.05) is 5.56 Å². The SMILES string of the molecule is N#Cc1nn(-c2c(Cl)cc(C(F)(F)F)cc2Cl)c(N)c1-c1ccoc1Cl. The Morgan fingerprint density at radius 1 is 1.19 bits per heavy atom. The van der Waals surface area contributed by atoms with E-state index in [0.29, 0.717) is 17.7 Å². The van der Waals surface area contributed by atoms with Crippen LogP contribution in [0.5, 0.6) is 0 Å². The van der Waals surface area contributed by atoms with E-state index in [0.717, 1.165) is 4.68 Å². The van der Waals surface area contributed by atoms with Gasteiger partial charge in [-0.15, -0.1) is 0 Å². The van der Waals surface area contributed by atoms with E-state index >= 15 is 0 Å². The van der Waals surface area contributed by atoms with Crippen LogP contribution in [-0.2, 0) is 6.18 Å². The van der Waals surface area contributed by atoms with Gasteiger partial charge in [0.05, 0.1) is 27.4 Å². The number of anilines is 1. The summed E-state index contributed by atoms with van der Waals surface area (Å²) in [5.74, 6) is -0.0894. The second kappa shape index (κ2) is 6.43. The number of aromatic nitrogens is 2. The molecule has 11 heteroatoms. The quantitative estimate of drug-likeness (QED) is 0.587. The molecule has 0 atom stereocenters. The summed E-state index contributed by atoms with van der Waals surface area (Å²) in [5, 5.41) is 12.6. The molecule has 0 unspecified atom stereocenters. The first-order chi connectivity index (χ1) is 12.1. The summed E-state index contributed by atoms with van der Waals surface area (Å²) in [6.07, 6.45) is -3.34. The second-order valence-electron chi connectivity index (χ2n) is 5.03. The minimum Gasteiger partial charge on any atom is -0.452 e.